The number of carbonyl (C=O) groups is 1. The van der Waals surface area contributed by atoms with E-state index in [0.717, 1.165) is 5.57 Å². The molecule has 0 amide bonds. The van der Waals surface area contributed by atoms with Crippen LogP contribution in [0.4, 0.5) is 5.82 Å². The van der Waals surface area contributed by atoms with Crippen molar-refractivity contribution in [1.29, 1.82) is 0 Å². The van der Waals surface area contributed by atoms with Gasteiger partial charge in [-0.15, -0.1) is 0 Å². The molecular formula is C12H13N3O2. The zero-order valence-electron chi connectivity index (χ0n) is 9.51. The van der Waals surface area contributed by atoms with Crippen molar-refractivity contribution in [2.24, 2.45) is 0 Å². The van der Waals surface area contributed by atoms with Crippen molar-refractivity contribution in [2.45, 2.75) is 13.5 Å². The van der Waals surface area contributed by atoms with E-state index in [1.165, 1.54) is 6.26 Å². The van der Waals surface area contributed by atoms with Gasteiger partial charge >= 0.3 is 0 Å². The van der Waals surface area contributed by atoms with E-state index in [2.05, 4.69) is 11.7 Å². The topological polar surface area (TPSA) is 74.0 Å². The molecule has 0 spiro atoms. The summed E-state index contributed by atoms with van der Waals surface area (Å²) in [6.07, 6.45) is 2.22. The van der Waals surface area contributed by atoms with E-state index < -0.39 is 0 Å². The molecular weight excluding hydrogens is 218 g/mol. The van der Waals surface area contributed by atoms with E-state index in [9.17, 15) is 4.79 Å². The lowest BCUT2D eigenvalue weighted by atomic mass is 10.2. The standard InChI is InChI=1S/C12H13N3O2/c1-8(2)6-15-12(13)9(7-16)11(14-15)10-4-3-5-17-10/h3-5,7H,1,6,13H2,2H3. The summed E-state index contributed by atoms with van der Waals surface area (Å²) in [4.78, 5) is 11.0. The van der Waals surface area contributed by atoms with Gasteiger partial charge in [-0.1, -0.05) is 12.2 Å². The second-order valence-electron chi connectivity index (χ2n) is 3.86. The van der Waals surface area contributed by atoms with E-state index >= 15 is 0 Å². The van der Waals surface area contributed by atoms with E-state index in [-0.39, 0.29) is 0 Å². The van der Waals surface area contributed by atoms with Crippen molar-refractivity contribution >= 4 is 12.1 Å². The van der Waals surface area contributed by atoms with Crippen molar-refractivity contribution in [2.75, 3.05) is 5.73 Å². The van der Waals surface area contributed by atoms with Crippen LogP contribution in [-0.2, 0) is 6.54 Å². The Morgan fingerprint density at radius 3 is 3.00 bits per heavy atom. The Bertz CT molecular complexity index is 553. The quantitative estimate of drug-likeness (QED) is 0.646. The summed E-state index contributed by atoms with van der Waals surface area (Å²) in [5.41, 5.74) is 7.57. The lowest BCUT2D eigenvalue weighted by Gasteiger charge is -2.02. The molecule has 0 radical (unpaired) electrons. The maximum Gasteiger partial charge on any atom is 0.156 e. The third-order valence-corrected chi connectivity index (χ3v) is 2.32. The summed E-state index contributed by atoms with van der Waals surface area (Å²) < 4.78 is 6.77. The predicted molar refractivity (Wildman–Crippen MR) is 64.5 cm³/mol. The summed E-state index contributed by atoms with van der Waals surface area (Å²) in [6.45, 7) is 6.14. The summed E-state index contributed by atoms with van der Waals surface area (Å²) >= 11 is 0. The number of nitrogen functional groups attached to an aromatic ring is 1. The SMILES string of the molecule is C=C(C)Cn1nc(-c2ccco2)c(C=O)c1N. The van der Waals surface area contributed by atoms with Crippen LogP contribution < -0.4 is 5.73 Å². The van der Waals surface area contributed by atoms with Crippen molar-refractivity contribution < 1.29 is 9.21 Å². The maximum absolute atomic E-state index is 11.0. The van der Waals surface area contributed by atoms with Gasteiger partial charge in [0.2, 0.25) is 0 Å². The molecule has 0 aliphatic rings. The first-order valence-corrected chi connectivity index (χ1v) is 5.13. The Balaban J connectivity index is 2.53. The number of allylic oxidation sites excluding steroid dienone is 1. The maximum atomic E-state index is 11.0. The molecule has 0 aliphatic heterocycles. The first-order valence-electron chi connectivity index (χ1n) is 5.13. The van der Waals surface area contributed by atoms with Gasteiger partial charge in [0, 0.05) is 0 Å². The Labute approximate surface area is 98.5 Å². The molecule has 5 heteroatoms. The number of furan rings is 1. The van der Waals surface area contributed by atoms with Crippen LogP contribution in [0.15, 0.2) is 35.0 Å². The molecule has 2 aromatic heterocycles. The number of anilines is 1. The van der Waals surface area contributed by atoms with Gasteiger partial charge in [-0.2, -0.15) is 5.10 Å². The van der Waals surface area contributed by atoms with E-state index in [4.69, 9.17) is 10.2 Å². The Hall–Kier alpha value is -2.30. The number of aromatic nitrogens is 2. The molecule has 2 N–H and O–H groups in total. The number of carbonyl (C=O) groups excluding carboxylic acids is 1. The number of hydrogen-bond donors (Lipinski definition) is 1. The third-order valence-electron chi connectivity index (χ3n) is 2.32. The summed E-state index contributed by atoms with van der Waals surface area (Å²) in [6, 6.07) is 3.47. The molecule has 0 saturated carbocycles. The second kappa shape index (κ2) is 4.29. The molecule has 0 bridgehead atoms. The number of aldehydes is 1. The van der Waals surface area contributed by atoms with Crippen LogP contribution in [0.5, 0.6) is 0 Å². The molecule has 0 unspecified atom stereocenters. The van der Waals surface area contributed by atoms with Gasteiger partial charge in [0.1, 0.15) is 11.5 Å². The molecule has 0 aromatic carbocycles. The van der Waals surface area contributed by atoms with Crippen LogP contribution in [0.3, 0.4) is 0 Å². The smallest absolute Gasteiger partial charge is 0.156 e. The molecule has 0 fully saturated rings. The van der Waals surface area contributed by atoms with Crippen molar-refractivity contribution in [3.8, 4) is 11.5 Å². The third kappa shape index (κ3) is 1.99. The highest BCUT2D eigenvalue weighted by molar-refractivity contribution is 5.90. The zero-order chi connectivity index (χ0) is 12.4. The number of hydrogen-bond acceptors (Lipinski definition) is 4. The summed E-state index contributed by atoms with van der Waals surface area (Å²) in [7, 11) is 0. The highest BCUT2D eigenvalue weighted by Gasteiger charge is 2.18. The first kappa shape index (κ1) is 11.2. The molecule has 5 nitrogen and oxygen atoms in total. The Morgan fingerprint density at radius 1 is 1.71 bits per heavy atom. The monoisotopic (exact) mass is 231 g/mol. The van der Waals surface area contributed by atoms with E-state index in [1.54, 1.807) is 16.8 Å². The zero-order valence-corrected chi connectivity index (χ0v) is 9.51. The van der Waals surface area contributed by atoms with Crippen LogP contribution in [0.1, 0.15) is 17.3 Å². The van der Waals surface area contributed by atoms with Crippen LogP contribution >= 0.6 is 0 Å². The number of rotatable bonds is 4. The van der Waals surface area contributed by atoms with Gasteiger partial charge in [0.25, 0.3) is 0 Å². The number of nitrogens with zero attached hydrogens (tertiary/aromatic N) is 2. The minimum atomic E-state index is 0.328. The minimum absolute atomic E-state index is 0.328. The van der Waals surface area contributed by atoms with Crippen molar-refractivity contribution in [3.05, 3.63) is 36.1 Å². The average molecular weight is 231 g/mol. The lowest BCUT2D eigenvalue weighted by Crippen LogP contribution is -2.05. The first-order chi connectivity index (χ1) is 8.13. The Morgan fingerprint density at radius 2 is 2.47 bits per heavy atom. The largest absolute Gasteiger partial charge is 0.463 e. The van der Waals surface area contributed by atoms with Gasteiger partial charge in [-0.05, 0) is 19.1 Å². The summed E-state index contributed by atoms with van der Waals surface area (Å²) in [5, 5.41) is 4.27. The molecule has 0 aliphatic carbocycles. The fourth-order valence-corrected chi connectivity index (χ4v) is 1.58. The van der Waals surface area contributed by atoms with Gasteiger partial charge in [0.05, 0.1) is 18.4 Å². The summed E-state index contributed by atoms with van der Waals surface area (Å²) in [5.74, 6) is 0.855. The second-order valence-corrected chi connectivity index (χ2v) is 3.86. The van der Waals surface area contributed by atoms with Crippen LogP contribution in [-0.4, -0.2) is 16.1 Å². The van der Waals surface area contributed by atoms with Crippen LogP contribution in [0.2, 0.25) is 0 Å². The number of nitrogens with two attached hydrogens (primary N) is 1. The highest BCUT2D eigenvalue weighted by atomic mass is 16.3. The average Bonchev–Trinajstić information content (AvgIpc) is 2.87. The predicted octanol–water partition coefficient (Wildman–Crippen LogP) is 2.11. The Kier molecular flexibility index (Phi) is 2.82. The van der Waals surface area contributed by atoms with Crippen molar-refractivity contribution in [3.63, 3.8) is 0 Å². The molecule has 2 heterocycles. The van der Waals surface area contributed by atoms with Gasteiger partial charge in [0.15, 0.2) is 12.0 Å². The van der Waals surface area contributed by atoms with Gasteiger partial charge in [-0.3, -0.25) is 4.79 Å². The fourth-order valence-electron chi connectivity index (χ4n) is 1.58. The van der Waals surface area contributed by atoms with Gasteiger partial charge < -0.3 is 10.2 Å². The molecule has 2 aromatic rings. The lowest BCUT2D eigenvalue weighted by molar-refractivity contribution is 0.112. The normalized spacial score (nSPS) is 10.4. The molecule has 17 heavy (non-hydrogen) atoms. The van der Waals surface area contributed by atoms with Crippen LogP contribution in [0, 0.1) is 0 Å². The fraction of sp³-hybridized carbons (Fsp3) is 0.167. The van der Waals surface area contributed by atoms with E-state index in [1.807, 2.05) is 6.92 Å². The van der Waals surface area contributed by atoms with Crippen molar-refractivity contribution in [1.82, 2.24) is 9.78 Å². The molecule has 0 saturated heterocycles. The molecule has 88 valence electrons. The molecule has 0 atom stereocenters. The minimum Gasteiger partial charge on any atom is -0.463 e. The highest BCUT2D eigenvalue weighted by Crippen LogP contribution is 2.26. The molecule has 2 rings (SSSR count). The van der Waals surface area contributed by atoms with Crippen LogP contribution in [0.25, 0.3) is 11.5 Å². The van der Waals surface area contributed by atoms with E-state index in [0.29, 0.717) is 35.7 Å². The van der Waals surface area contributed by atoms with Gasteiger partial charge in [-0.25, -0.2) is 4.68 Å².